The summed E-state index contributed by atoms with van der Waals surface area (Å²) in [5.74, 6) is -8.50. The van der Waals surface area contributed by atoms with Crippen molar-refractivity contribution in [3.63, 3.8) is 0 Å². The number of pyridine rings is 6. The van der Waals surface area contributed by atoms with E-state index in [4.69, 9.17) is 0 Å². The summed E-state index contributed by atoms with van der Waals surface area (Å²) in [6.45, 7) is 0.890. The maximum Gasteiger partial charge on any atom is 3.00 e. The fraction of sp³-hybridized carbons (Fsp3) is 0.143. The van der Waals surface area contributed by atoms with Crippen LogP contribution in [0.2, 0.25) is 0 Å². The zero-order valence-electron chi connectivity index (χ0n) is 37.3. The van der Waals surface area contributed by atoms with Crippen molar-refractivity contribution in [3.8, 4) is 0 Å². The molecule has 6 heterocycles. The maximum absolute atomic E-state index is 11.1. The molecule has 0 spiro atoms. The van der Waals surface area contributed by atoms with E-state index in [1.54, 1.807) is 46.2 Å². The molecule has 0 radical (unpaired) electrons. The third kappa shape index (κ3) is 25.8. The third-order valence-corrected chi connectivity index (χ3v) is 8.41. The van der Waals surface area contributed by atoms with E-state index in [-0.39, 0.29) is 196 Å². The van der Waals surface area contributed by atoms with E-state index in [9.17, 15) is 59.4 Å². The van der Waals surface area contributed by atoms with Crippen LogP contribution in [0.4, 0.5) is 0 Å². The van der Waals surface area contributed by atoms with Crippen LogP contribution < -0.4 is 30.6 Å². The molecule has 20 N–H and O–H groups in total. The second-order valence-corrected chi connectivity index (χ2v) is 13.1. The summed E-state index contributed by atoms with van der Waals surface area (Å²) >= 11 is 0. The first kappa shape index (κ1) is 80.8. The van der Waals surface area contributed by atoms with Crippen LogP contribution in [0.15, 0.2) is 109 Å². The number of nitrogens with zero attached hydrogens (tertiary/aromatic N) is 8. The van der Waals surface area contributed by atoms with Crippen molar-refractivity contribution in [2.24, 2.45) is 0 Å². The molecule has 408 valence electrons. The third-order valence-electron chi connectivity index (χ3n) is 8.41. The van der Waals surface area contributed by atoms with Crippen LogP contribution in [0.3, 0.4) is 0 Å². The number of hydrogen-bond donors (Lipinski definition) is 0. The van der Waals surface area contributed by atoms with Gasteiger partial charge in [-0.15, -0.1) is 0 Å². The number of hydrogen-bond acceptors (Lipinski definition) is 20. The zero-order valence-corrected chi connectivity index (χ0v) is 40.9. The SMILES string of the molecule is O.O.O.O.O.O.O.O=C([O-])c1cccc(CN(Cc2cccc(C(=O)[O-])n2)Cc2cccc(C(=O)[O-])n2)n1.O=C([O-])c1cccc(CN(Cc2cccc(C(=O)[O-])n2)Cc2cccc(C(=O)[O-])n2)n1.[OH3+].[OH3+].[Tm+3].[Tm+3]. The van der Waals surface area contributed by atoms with Crippen LogP contribution in [0.5, 0.6) is 0 Å². The summed E-state index contributed by atoms with van der Waals surface area (Å²) in [4.78, 5) is 94.3. The van der Waals surface area contributed by atoms with E-state index in [0.29, 0.717) is 34.2 Å². The first-order valence-corrected chi connectivity index (χ1v) is 18.1. The fourth-order valence-corrected chi connectivity index (χ4v) is 5.80. The normalized spacial score (nSPS) is 9.12. The standard InChI is InChI=1S/2C21H18N4O6.9H2O.2Tm/c2*26-19(27)16-7-1-4-13(22-16)10-25(11-14-5-2-8-17(23-14)20(28)29)12-15-6-3-9-18(24-15)21(30)31;;;;;;;;;;;/h2*1-9H,10-12H2,(H,26,27)(H,28,29)(H,30,31);9*1H2;;/q;;;;;;;;;;;2*+3/p-4. The smallest absolute Gasteiger partial charge is 0.543 e. The van der Waals surface area contributed by atoms with Gasteiger partial charge in [0.2, 0.25) is 0 Å². The van der Waals surface area contributed by atoms with Gasteiger partial charge in [-0.3, -0.25) is 39.7 Å². The summed E-state index contributed by atoms with van der Waals surface area (Å²) in [5, 5.41) is 66.6. The van der Waals surface area contributed by atoms with E-state index in [1.165, 1.54) is 72.8 Å². The number of aromatic nitrogens is 6. The molecule has 73 heavy (non-hydrogen) atoms. The van der Waals surface area contributed by atoms with Crippen LogP contribution in [-0.2, 0) is 50.2 Å². The first-order chi connectivity index (χ1) is 29.6. The average Bonchev–Trinajstić information content (AvgIpc) is 3.24. The molecule has 0 bridgehead atoms. The predicted octanol–water partition coefficient (Wildman–Crippen LogP) is -11.3. The molecule has 6 aromatic rings. The molecular formula is C42H50N8O21Tm2+2. The van der Waals surface area contributed by atoms with Crippen LogP contribution in [-0.4, -0.2) is 114 Å². The molecule has 6 aromatic heterocycles. The summed E-state index contributed by atoms with van der Waals surface area (Å²) in [7, 11) is 0. The van der Waals surface area contributed by atoms with Gasteiger partial charge in [-0.05, 0) is 72.8 Å². The van der Waals surface area contributed by atoms with Crippen molar-refractivity contribution < 1.29 is 182 Å². The van der Waals surface area contributed by atoms with Crippen molar-refractivity contribution in [2.75, 3.05) is 0 Å². The van der Waals surface area contributed by atoms with Gasteiger partial charge in [-0.25, -0.2) is 0 Å². The Kier molecular flexibility index (Phi) is 43.5. The Balaban J connectivity index is -0.000000207. The van der Waals surface area contributed by atoms with Gasteiger partial charge in [0.25, 0.3) is 0 Å². The summed E-state index contributed by atoms with van der Waals surface area (Å²) < 4.78 is 0. The van der Waals surface area contributed by atoms with Crippen LogP contribution >= 0.6 is 0 Å². The topological polar surface area (TPSA) is 611 Å². The van der Waals surface area contributed by atoms with Gasteiger partial charge in [0.15, 0.2) is 0 Å². The summed E-state index contributed by atoms with van der Waals surface area (Å²) in [6.07, 6.45) is 0. The Morgan fingerprint density at radius 2 is 0.411 bits per heavy atom. The molecule has 0 aliphatic carbocycles. The van der Waals surface area contributed by atoms with Crippen molar-refractivity contribution in [2.45, 2.75) is 39.3 Å². The minimum Gasteiger partial charge on any atom is -0.543 e. The molecule has 0 atom stereocenters. The molecule has 0 unspecified atom stereocenters. The van der Waals surface area contributed by atoms with Crippen molar-refractivity contribution in [1.29, 1.82) is 0 Å². The molecule has 0 aliphatic heterocycles. The molecule has 29 nitrogen and oxygen atoms in total. The van der Waals surface area contributed by atoms with Gasteiger partial charge in [-0.2, -0.15) is 0 Å². The monoisotopic (exact) mass is 1340 g/mol. The first-order valence-electron chi connectivity index (χ1n) is 18.1. The average molecular weight is 1340 g/mol. The molecule has 0 aliphatic rings. The molecule has 0 aromatic carbocycles. The van der Waals surface area contributed by atoms with E-state index < -0.39 is 35.8 Å². The quantitative estimate of drug-likeness (QED) is 0.0721. The van der Waals surface area contributed by atoms with Crippen LogP contribution in [0.1, 0.15) is 97.1 Å². The van der Waals surface area contributed by atoms with Crippen molar-refractivity contribution in [1.82, 2.24) is 39.7 Å². The van der Waals surface area contributed by atoms with E-state index in [0.717, 1.165) is 0 Å². The number of carbonyl (C=O) groups is 6. The van der Waals surface area contributed by atoms with Gasteiger partial charge in [-0.1, -0.05) is 36.4 Å². The Labute approximate surface area is 471 Å². The number of rotatable bonds is 18. The van der Waals surface area contributed by atoms with Gasteiger partial charge in [0.05, 0.1) is 104 Å². The molecular weight excluding hydrogens is 1290 g/mol. The second kappa shape index (κ2) is 39.3. The number of carboxylic acid groups (broad SMARTS) is 6. The molecule has 0 saturated heterocycles. The Bertz CT molecular complexity index is 2200. The van der Waals surface area contributed by atoms with Crippen molar-refractivity contribution in [3.05, 3.63) is 178 Å². The van der Waals surface area contributed by atoms with E-state index in [2.05, 4.69) is 29.9 Å². The van der Waals surface area contributed by atoms with Gasteiger partial charge in [0.1, 0.15) is 0 Å². The Hall–Kier alpha value is -6.25. The predicted molar refractivity (Wildman–Crippen MR) is 232 cm³/mol. The largest absolute Gasteiger partial charge is 3.00 e. The summed E-state index contributed by atoms with van der Waals surface area (Å²) in [6, 6.07) is 26.7. The summed E-state index contributed by atoms with van der Waals surface area (Å²) in [5.41, 5.74) is 1.09. The number of carbonyl (C=O) groups excluding carboxylic acids is 6. The number of carboxylic acids is 6. The minimum absolute atomic E-state index is 0. The molecule has 31 heteroatoms. The van der Waals surface area contributed by atoms with Crippen LogP contribution in [0.25, 0.3) is 0 Å². The van der Waals surface area contributed by atoms with Crippen LogP contribution in [0, 0.1) is 73.7 Å². The minimum atomic E-state index is -1.42. The molecule has 0 saturated carbocycles. The molecule has 0 amide bonds. The zero-order chi connectivity index (χ0) is 44.8. The maximum atomic E-state index is 11.1. The number of aromatic carboxylic acids is 6. The molecule has 0 fully saturated rings. The van der Waals surface area contributed by atoms with E-state index >= 15 is 0 Å². The Morgan fingerprint density at radius 1 is 0.288 bits per heavy atom. The van der Waals surface area contributed by atoms with Crippen molar-refractivity contribution >= 4 is 35.8 Å². The Morgan fingerprint density at radius 3 is 0.521 bits per heavy atom. The van der Waals surface area contributed by atoms with E-state index in [1.807, 2.05) is 0 Å². The fourth-order valence-electron chi connectivity index (χ4n) is 5.80. The van der Waals surface area contributed by atoms with Gasteiger partial charge < -0.3 is 109 Å². The van der Waals surface area contributed by atoms with Gasteiger partial charge in [0, 0.05) is 39.3 Å². The molecule has 6 rings (SSSR count). The second-order valence-electron chi connectivity index (χ2n) is 13.1. The van der Waals surface area contributed by atoms with Gasteiger partial charge >= 0.3 is 73.7 Å².